The monoisotopic (exact) mass is 498 g/mol. The van der Waals surface area contributed by atoms with Crippen molar-refractivity contribution >= 4 is 28.7 Å². The predicted molar refractivity (Wildman–Crippen MR) is 151 cm³/mol. The highest BCUT2D eigenvalue weighted by atomic mass is 32.2. The Kier molecular flexibility index (Phi) is 8.46. The summed E-state index contributed by atoms with van der Waals surface area (Å²) in [4.78, 5) is 13.5. The summed E-state index contributed by atoms with van der Waals surface area (Å²) in [5, 5.41) is 7.82. The van der Waals surface area contributed by atoms with Crippen molar-refractivity contribution in [2.24, 2.45) is 0 Å². The molecule has 0 bridgehead atoms. The van der Waals surface area contributed by atoms with Gasteiger partial charge in [-0.3, -0.25) is 4.90 Å². The number of nitrogens with one attached hydrogen (secondary N) is 2. The van der Waals surface area contributed by atoms with Crippen molar-refractivity contribution in [2.75, 3.05) is 51.6 Å². The number of anilines is 1. The molecule has 6 nitrogen and oxygen atoms in total. The smallest absolute Gasteiger partial charge is 0.145 e. The van der Waals surface area contributed by atoms with E-state index < -0.39 is 0 Å². The Bertz CT molecular complexity index is 1240. The normalized spacial score (nSPS) is 14.8. The van der Waals surface area contributed by atoms with Crippen molar-refractivity contribution in [1.82, 2.24) is 24.5 Å². The molecule has 0 atom stereocenters. The third-order valence-electron chi connectivity index (χ3n) is 6.44. The minimum Gasteiger partial charge on any atom is -0.369 e. The van der Waals surface area contributed by atoms with E-state index in [4.69, 9.17) is 9.97 Å². The quantitative estimate of drug-likeness (QED) is 0.232. The van der Waals surface area contributed by atoms with Gasteiger partial charge in [-0.15, -0.1) is 0 Å². The van der Waals surface area contributed by atoms with Crippen molar-refractivity contribution in [3.8, 4) is 11.1 Å². The molecule has 1 saturated heterocycles. The fourth-order valence-corrected chi connectivity index (χ4v) is 5.37. The van der Waals surface area contributed by atoms with Crippen LogP contribution in [-0.4, -0.2) is 65.5 Å². The molecule has 2 heterocycles. The Labute approximate surface area is 218 Å². The Hall–Kier alpha value is -2.97. The van der Waals surface area contributed by atoms with E-state index in [1.54, 1.807) is 0 Å². The summed E-state index contributed by atoms with van der Waals surface area (Å²) in [5.41, 5.74) is 3.53. The van der Waals surface area contributed by atoms with E-state index in [1.807, 2.05) is 25.1 Å². The first-order chi connectivity index (χ1) is 17.8. The van der Waals surface area contributed by atoms with E-state index in [-0.39, 0.29) is 0 Å². The molecule has 0 aliphatic carbocycles. The van der Waals surface area contributed by atoms with Crippen LogP contribution in [0.25, 0.3) is 22.0 Å². The molecule has 0 saturated carbocycles. The molecule has 7 heteroatoms. The van der Waals surface area contributed by atoms with Gasteiger partial charge in [-0.1, -0.05) is 54.6 Å². The summed E-state index contributed by atoms with van der Waals surface area (Å²) >= 11 is 1.85. The van der Waals surface area contributed by atoms with Crippen LogP contribution in [0.15, 0.2) is 83.8 Å². The molecule has 5 rings (SSSR count). The molecule has 0 spiro atoms. The highest BCUT2D eigenvalue weighted by Gasteiger charge is 2.19. The molecule has 0 amide bonds. The van der Waals surface area contributed by atoms with E-state index in [0.29, 0.717) is 0 Å². The van der Waals surface area contributed by atoms with Gasteiger partial charge >= 0.3 is 0 Å². The molecule has 3 aromatic carbocycles. The molecular weight excluding hydrogens is 464 g/mol. The molecule has 2 N–H and O–H groups in total. The van der Waals surface area contributed by atoms with Crippen LogP contribution in [-0.2, 0) is 6.54 Å². The van der Waals surface area contributed by atoms with Crippen molar-refractivity contribution < 1.29 is 0 Å². The maximum atomic E-state index is 4.91. The zero-order chi connectivity index (χ0) is 24.6. The SMILES string of the molecule is CNCCCNc1nc(CN2CCN(Sc3ccc(-c4ccccc4)cc3)CC2)nc2ccccc12. The number of nitrogens with zero attached hydrogens (tertiary/aromatic N) is 4. The lowest BCUT2D eigenvalue weighted by Crippen LogP contribution is -2.43. The van der Waals surface area contributed by atoms with Crippen LogP contribution >= 0.6 is 11.9 Å². The second kappa shape index (κ2) is 12.3. The summed E-state index contributed by atoms with van der Waals surface area (Å²) in [6.07, 6.45) is 1.05. The number of hydrogen-bond acceptors (Lipinski definition) is 7. The molecule has 1 fully saturated rings. The number of aromatic nitrogens is 2. The molecule has 36 heavy (non-hydrogen) atoms. The van der Waals surface area contributed by atoms with Crippen molar-refractivity contribution in [3.05, 3.63) is 84.7 Å². The van der Waals surface area contributed by atoms with E-state index >= 15 is 0 Å². The van der Waals surface area contributed by atoms with E-state index in [2.05, 4.69) is 92.6 Å². The first-order valence-corrected chi connectivity index (χ1v) is 13.5. The van der Waals surface area contributed by atoms with Gasteiger partial charge in [0.15, 0.2) is 0 Å². The summed E-state index contributed by atoms with van der Waals surface area (Å²) in [6, 6.07) is 27.7. The number of hydrogen-bond donors (Lipinski definition) is 2. The van der Waals surface area contributed by atoms with E-state index in [9.17, 15) is 0 Å². The first kappa shape index (κ1) is 24.7. The van der Waals surface area contributed by atoms with Gasteiger partial charge in [-0.25, -0.2) is 14.3 Å². The number of fused-ring (bicyclic) bond motifs is 1. The second-order valence-electron chi connectivity index (χ2n) is 9.08. The Morgan fingerprint density at radius 1 is 0.778 bits per heavy atom. The van der Waals surface area contributed by atoms with E-state index in [1.165, 1.54) is 16.0 Å². The van der Waals surface area contributed by atoms with Crippen LogP contribution < -0.4 is 10.6 Å². The Morgan fingerprint density at radius 3 is 2.28 bits per heavy atom. The van der Waals surface area contributed by atoms with Gasteiger partial charge < -0.3 is 10.6 Å². The van der Waals surface area contributed by atoms with Crippen molar-refractivity contribution in [2.45, 2.75) is 17.9 Å². The summed E-state index contributed by atoms with van der Waals surface area (Å²) < 4.78 is 2.46. The minimum atomic E-state index is 0.778. The van der Waals surface area contributed by atoms with Gasteiger partial charge in [0.25, 0.3) is 0 Å². The number of rotatable bonds is 10. The molecular formula is C29H34N6S. The molecule has 1 aromatic heterocycles. The molecule has 0 unspecified atom stereocenters. The van der Waals surface area contributed by atoms with Crippen LogP contribution in [0, 0.1) is 0 Å². The first-order valence-electron chi connectivity index (χ1n) is 12.7. The van der Waals surface area contributed by atoms with Crippen molar-refractivity contribution in [1.29, 1.82) is 0 Å². The fraction of sp³-hybridized carbons (Fsp3) is 0.310. The Morgan fingerprint density at radius 2 is 1.50 bits per heavy atom. The number of para-hydroxylation sites is 1. The lowest BCUT2D eigenvalue weighted by molar-refractivity contribution is 0.185. The number of piperazine rings is 1. The topological polar surface area (TPSA) is 56.3 Å². The van der Waals surface area contributed by atoms with Gasteiger partial charge in [0.2, 0.25) is 0 Å². The van der Waals surface area contributed by atoms with Gasteiger partial charge in [0.05, 0.1) is 12.1 Å². The molecule has 4 aromatic rings. The highest BCUT2D eigenvalue weighted by Crippen LogP contribution is 2.28. The van der Waals surface area contributed by atoms with Crippen LogP contribution in [0.3, 0.4) is 0 Å². The van der Waals surface area contributed by atoms with Crippen LogP contribution in [0.1, 0.15) is 12.2 Å². The van der Waals surface area contributed by atoms with Crippen LogP contribution in [0.4, 0.5) is 5.82 Å². The average molecular weight is 499 g/mol. The van der Waals surface area contributed by atoms with Crippen LogP contribution in [0.2, 0.25) is 0 Å². The van der Waals surface area contributed by atoms with Crippen molar-refractivity contribution in [3.63, 3.8) is 0 Å². The third-order valence-corrected chi connectivity index (χ3v) is 7.54. The average Bonchev–Trinajstić information content (AvgIpc) is 2.93. The zero-order valence-corrected chi connectivity index (χ0v) is 21.7. The van der Waals surface area contributed by atoms with Crippen LogP contribution in [0.5, 0.6) is 0 Å². The fourth-order valence-electron chi connectivity index (χ4n) is 4.47. The molecule has 186 valence electrons. The Balaban J connectivity index is 1.16. The third kappa shape index (κ3) is 6.42. The van der Waals surface area contributed by atoms with E-state index in [0.717, 1.165) is 74.8 Å². The number of benzene rings is 3. The standard InChI is InChI=1S/C29H34N6S/c1-30-16-7-17-31-29-26-10-5-6-11-27(26)32-28(33-29)22-34-18-20-35(21-19-34)36-25-14-12-24(13-15-25)23-8-3-2-4-9-23/h2-6,8-15,30H,7,16-22H2,1H3,(H,31,32,33). The summed E-state index contributed by atoms with van der Waals surface area (Å²) in [6.45, 7) is 6.72. The minimum absolute atomic E-state index is 0.778. The predicted octanol–water partition coefficient (Wildman–Crippen LogP) is 5.14. The molecule has 0 radical (unpaired) electrons. The summed E-state index contributed by atoms with van der Waals surface area (Å²) in [5.74, 6) is 1.84. The van der Waals surface area contributed by atoms with Gasteiger partial charge in [0.1, 0.15) is 11.6 Å². The van der Waals surface area contributed by atoms with Gasteiger partial charge in [-0.05, 0) is 67.4 Å². The highest BCUT2D eigenvalue weighted by molar-refractivity contribution is 7.97. The molecule has 1 aliphatic heterocycles. The lowest BCUT2D eigenvalue weighted by Gasteiger charge is -2.33. The maximum absolute atomic E-state index is 4.91. The lowest BCUT2D eigenvalue weighted by atomic mass is 10.1. The van der Waals surface area contributed by atoms with Gasteiger partial charge in [0, 0.05) is 43.0 Å². The second-order valence-corrected chi connectivity index (χ2v) is 10.2. The summed E-state index contributed by atoms with van der Waals surface area (Å²) in [7, 11) is 1.98. The van der Waals surface area contributed by atoms with Gasteiger partial charge in [-0.2, -0.15) is 0 Å². The maximum Gasteiger partial charge on any atom is 0.145 e. The zero-order valence-electron chi connectivity index (χ0n) is 20.9. The largest absolute Gasteiger partial charge is 0.369 e. The molecule has 1 aliphatic rings.